The zero-order valence-electron chi connectivity index (χ0n) is 8.29. The van der Waals surface area contributed by atoms with Gasteiger partial charge in [0.2, 0.25) is 0 Å². The Hall–Kier alpha value is -0.380. The van der Waals surface area contributed by atoms with Crippen molar-refractivity contribution >= 4 is 39.8 Å². The van der Waals surface area contributed by atoms with Gasteiger partial charge in [0.25, 0.3) is 0 Å². The maximum Gasteiger partial charge on any atom is 0.179 e. The van der Waals surface area contributed by atoms with Gasteiger partial charge in [0.15, 0.2) is 5.78 Å². The average molecular weight is 265 g/mol. The van der Waals surface area contributed by atoms with Crippen LogP contribution in [0.25, 0.3) is 0 Å². The lowest BCUT2D eigenvalue weighted by Gasteiger charge is -2.08. The summed E-state index contributed by atoms with van der Waals surface area (Å²) in [6.07, 6.45) is 1.49. The van der Waals surface area contributed by atoms with Crippen LogP contribution in [0.1, 0.15) is 17.3 Å². The molecule has 0 N–H and O–H groups in total. The Labute approximate surface area is 101 Å². The highest BCUT2D eigenvalue weighted by Gasteiger charge is 2.20. The molecule has 82 valence electrons. The predicted molar refractivity (Wildman–Crippen MR) is 64.3 cm³/mol. The van der Waals surface area contributed by atoms with Crippen molar-refractivity contribution in [2.45, 2.75) is 12.2 Å². The number of carbonyl (C=O) groups is 1. The first-order chi connectivity index (χ1) is 6.93. The summed E-state index contributed by atoms with van der Waals surface area (Å²) in [7, 11) is -1.20. The van der Waals surface area contributed by atoms with Crippen LogP contribution in [0.5, 0.6) is 0 Å². The van der Waals surface area contributed by atoms with Crippen molar-refractivity contribution in [1.82, 2.24) is 0 Å². The normalized spacial score (nSPS) is 14.7. The standard InChI is InChI=1S/C10H10Cl2O2S/c1-6(15(2)14)10(13)8-4-3-7(11)5-9(8)12/h3-6H,1-2H3. The monoisotopic (exact) mass is 264 g/mol. The van der Waals surface area contributed by atoms with Gasteiger partial charge in [-0.3, -0.25) is 9.00 Å². The van der Waals surface area contributed by atoms with Crippen molar-refractivity contribution < 1.29 is 9.00 Å². The number of carbonyl (C=O) groups excluding carboxylic acids is 1. The summed E-state index contributed by atoms with van der Waals surface area (Å²) < 4.78 is 11.2. The molecular weight excluding hydrogens is 255 g/mol. The van der Waals surface area contributed by atoms with E-state index in [0.29, 0.717) is 15.6 Å². The van der Waals surface area contributed by atoms with Crippen molar-refractivity contribution in [2.75, 3.05) is 6.26 Å². The minimum atomic E-state index is -1.20. The Kier molecular flexibility index (Phi) is 4.32. The molecule has 1 rings (SSSR count). The van der Waals surface area contributed by atoms with Gasteiger partial charge < -0.3 is 0 Å². The SMILES string of the molecule is CC(C(=O)c1ccc(Cl)cc1Cl)S(C)=O. The van der Waals surface area contributed by atoms with Gasteiger partial charge in [0, 0.05) is 27.6 Å². The fraction of sp³-hybridized carbons (Fsp3) is 0.300. The Bertz CT molecular complexity index is 418. The summed E-state index contributed by atoms with van der Waals surface area (Å²) in [4.78, 5) is 11.8. The van der Waals surface area contributed by atoms with Crippen molar-refractivity contribution in [3.63, 3.8) is 0 Å². The molecule has 1 aromatic carbocycles. The molecule has 0 heterocycles. The van der Waals surface area contributed by atoms with Crippen molar-refractivity contribution in [3.8, 4) is 0 Å². The molecule has 0 aliphatic rings. The highest BCUT2D eigenvalue weighted by Crippen LogP contribution is 2.22. The fourth-order valence-electron chi connectivity index (χ4n) is 1.06. The molecule has 0 aliphatic heterocycles. The van der Waals surface area contributed by atoms with Crippen LogP contribution in [0.2, 0.25) is 10.0 Å². The van der Waals surface area contributed by atoms with Crippen molar-refractivity contribution in [1.29, 1.82) is 0 Å². The zero-order valence-corrected chi connectivity index (χ0v) is 10.6. The molecule has 5 heteroatoms. The van der Waals surface area contributed by atoms with E-state index in [9.17, 15) is 9.00 Å². The quantitative estimate of drug-likeness (QED) is 0.787. The first-order valence-corrected chi connectivity index (χ1v) is 6.62. The lowest BCUT2D eigenvalue weighted by Crippen LogP contribution is -2.22. The summed E-state index contributed by atoms with van der Waals surface area (Å²) in [6.45, 7) is 1.61. The third-order valence-electron chi connectivity index (χ3n) is 2.06. The van der Waals surface area contributed by atoms with Crippen molar-refractivity contribution in [2.24, 2.45) is 0 Å². The van der Waals surface area contributed by atoms with Gasteiger partial charge in [-0.15, -0.1) is 0 Å². The van der Waals surface area contributed by atoms with Gasteiger partial charge in [0.05, 0.1) is 10.3 Å². The van der Waals surface area contributed by atoms with E-state index in [0.717, 1.165) is 0 Å². The highest BCUT2D eigenvalue weighted by atomic mass is 35.5. The molecule has 0 saturated heterocycles. The molecule has 0 fully saturated rings. The van der Waals surface area contributed by atoms with Crippen LogP contribution in [0.4, 0.5) is 0 Å². The van der Waals surface area contributed by atoms with E-state index in [1.54, 1.807) is 19.1 Å². The van der Waals surface area contributed by atoms with Crippen LogP contribution in [-0.4, -0.2) is 21.5 Å². The van der Waals surface area contributed by atoms with Crippen LogP contribution >= 0.6 is 23.2 Å². The topological polar surface area (TPSA) is 34.1 Å². The molecule has 2 atom stereocenters. The fourth-order valence-corrected chi connectivity index (χ4v) is 1.99. The second-order valence-electron chi connectivity index (χ2n) is 3.13. The molecule has 2 unspecified atom stereocenters. The van der Waals surface area contributed by atoms with Crippen LogP contribution in [-0.2, 0) is 10.8 Å². The molecule has 0 bridgehead atoms. The first-order valence-electron chi connectivity index (χ1n) is 4.25. The highest BCUT2D eigenvalue weighted by molar-refractivity contribution is 7.85. The number of Topliss-reactive ketones (excluding diaryl/α,β-unsaturated/α-hetero) is 1. The van der Waals surface area contributed by atoms with E-state index in [1.165, 1.54) is 12.3 Å². The van der Waals surface area contributed by atoms with Gasteiger partial charge in [-0.25, -0.2) is 0 Å². The minimum Gasteiger partial charge on any atom is -0.293 e. The van der Waals surface area contributed by atoms with Gasteiger partial charge in [0.1, 0.15) is 0 Å². The van der Waals surface area contributed by atoms with E-state index in [1.807, 2.05) is 0 Å². The smallest absolute Gasteiger partial charge is 0.179 e. The molecule has 1 aromatic rings. The summed E-state index contributed by atoms with van der Waals surface area (Å²) in [6, 6.07) is 4.64. The van der Waals surface area contributed by atoms with E-state index in [2.05, 4.69) is 0 Å². The van der Waals surface area contributed by atoms with Gasteiger partial charge in [-0.1, -0.05) is 23.2 Å². The summed E-state index contributed by atoms with van der Waals surface area (Å²) in [5.74, 6) is -0.225. The summed E-state index contributed by atoms with van der Waals surface area (Å²) >= 11 is 11.6. The number of benzene rings is 1. The van der Waals surface area contributed by atoms with E-state index in [-0.39, 0.29) is 5.78 Å². The first kappa shape index (κ1) is 12.7. The molecule has 15 heavy (non-hydrogen) atoms. The zero-order chi connectivity index (χ0) is 11.6. The summed E-state index contributed by atoms with van der Waals surface area (Å²) in [5.41, 5.74) is 0.365. The number of rotatable bonds is 3. The molecule has 2 nitrogen and oxygen atoms in total. The average Bonchev–Trinajstić information content (AvgIpc) is 2.15. The predicted octanol–water partition coefficient (Wildman–Crippen LogP) is 2.94. The molecule has 0 radical (unpaired) electrons. The second kappa shape index (κ2) is 5.10. The van der Waals surface area contributed by atoms with Crippen LogP contribution in [0.15, 0.2) is 18.2 Å². The Morgan fingerprint density at radius 1 is 1.40 bits per heavy atom. The van der Waals surface area contributed by atoms with Crippen LogP contribution in [0, 0.1) is 0 Å². The van der Waals surface area contributed by atoms with Crippen LogP contribution < -0.4 is 0 Å². The lowest BCUT2D eigenvalue weighted by atomic mass is 10.1. The van der Waals surface area contributed by atoms with E-state index >= 15 is 0 Å². The van der Waals surface area contributed by atoms with E-state index < -0.39 is 16.0 Å². The largest absolute Gasteiger partial charge is 0.293 e. The molecule has 0 amide bonds. The van der Waals surface area contributed by atoms with Crippen LogP contribution in [0.3, 0.4) is 0 Å². The van der Waals surface area contributed by atoms with Gasteiger partial charge in [-0.2, -0.15) is 0 Å². The maximum atomic E-state index is 11.8. The summed E-state index contributed by atoms with van der Waals surface area (Å²) in [5, 5.41) is 0.218. The minimum absolute atomic E-state index is 0.225. The lowest BCUT2D eigenvalue weighted by molar-refractivity contribution is 0.0993. The van der Waals surface area contributed by atoms with Gasteiger partial charge >= 0.3 is 0 Å². The maximum absolute atomic E-state index is 11.8. The van der Waals surface area contributed by atoms with Gasteiger partial charge in [-0.05, 0) is 25.1 Å². The number of hydrogen-bond donors (Lipinski definition) is 0. The van der Waals surface area contributed by atoms with Crippen molar-refractivity contribution in [3.05, 3.63) is 33.8 Å². The number of hydrogen-bond acceptors (Lipinski definition) is 2. The Morgan fingerprint density at radius 2 is 2.00 bits per heavy atom. The number of ketones is 1. The van der Waals surface area contributed by atoms with E-state index in [4.69, 9.17) is 23.2 Å². The Balaban J connectivity index is 3.07. The second-order valence-corrected chi connectivity index (χ2v) is 5.68. The molecule has 0 saturated carbocycles. The third kappa shape index (κ3) is 3.03. The molecule has 0 aromatic heterocycles. The molecule has 0 aliphatic carbocycles. The molecule has 0 spiro atoms. The number of halogens is 2. The molecular formula is C10H10Cl2O2S. The third-order valence-corrected chi connectivity index (χ3v) is 3.82. The Morgan fingerprint density at radius 3 is 2.47 bits per heavy atom.